The first-order valence-electron chi connectivity index (χ1n) is 6.47. The summed E-state index contributed by atoms with van der Waals surface area (Å²) in [5.41, 5.74) is 2.88. The SMILES string of the molecule is CC(C)(C)c1ccc(N2CC[C@H](CO)C2)cc1. The fourth-order valence-electron chi connectivity index (χ4n) is 2.39. The average Bonchev–Trinajstić information content (AvgIpc) is 2.76. The third-order valence-corrected chi connectivity index (χ3v) is 3.64. The first-order valence-corrected chi connectivity index (χ1v) is 6.47. The standard InChI is InChI=1S/C15H23NO/c1-15(2,3)13-4-6-14(7-5-13)16-9-8-12(10-16)11-17/h4-7,12,17H,8-11H2,1-3H3/t12-/m0/s1. The Labute approximate surface area is 104 Å². The van der Waals surface area contributed by atoms with E-state index in [1.807, 2.05) is 0 Å². The lowest BCUT2D eigenvalue weighted by Crippen LogP contribution is -2.20. The lowest BCUT2D eigenvalue weighted by atomic mass is 9.87. The molecule has 17 heavy (non-hydrogen) atoms. The molecule has 1 aromatic carbocycles. The third kappa shape index (κ3) is 2.81. The number of benzene rings is 1. The Kier molecular flexibility index (Phi) is 3.43. The van der Waals surface area contributed by atoms with Crippen molar-refractivity contribution in [3.8, 4) is 0 Å². The topological polar surface area (TPSA) is 23.5 Å². The Hall–Kier alpha value is -1.02. The van der Waals surface area contributed by atoms with Crippen LogP contribution in [0.1, 0.15) is 32.8 Å². The minimum atomic E-state index is 0.219. The van der Waals surface area contributed by atoms with Crippen LogP contribution in [0, 0.1) is 5.92 Å². The van der Waals surface area contributed by atoms with E-state index < -0.39 is 0 Å². The van der Waals surface area contributed by atoms with E-state index >= 15 is 0 Å². The molecule has 2 rings (SSSR count). The molecule has 2 nitrogen and oxygen atoms in total. The van der Waals surface area contributed by atoms with Crippen molar-refractivity contribution in [2.75, 3.05) is 24.6 Å². The summed E-state index contributed by atoms with van der Waals surface area (Å²) in [5.74, 6) is 0.456. The van der Waals surface area contributed by atoms with Crippen LogP contribution in [0.15, 0.2) is 24.3 Å². The number of rotatable bonds is 2. The molecule has 0 bridgehead atoms. The average molecular weight is 233 g/mol. The normalized spacial score (nSPS) is 20.9. The van der Waals surface area contributed by atoms with Crippen LogP contribution in [0.3, 0.4) is 0 Å². The van der Waals surface area contributed by atoms with Gasteiger partial charge in [-0.3, -0.25) is 0 Å². The van der Waals surface area contributed by atoms with Crippen LogP contribution >= 0.6 is 0 Å². The summed E-state index contributed by atoms with van der Waals surface area (Å²) >= 11 is 0. The van der Waals surface area contributed by atoms with Crippen molar-refractivity contribution in [2.24, 2.45) is 5.92 Å². The van der Waals surface area contributed by atoms with Gasteiger partial charge in [0.05, 0.1) is 0 Å². The summed E-state index contributed by atoms with van der Waals surface area (Å²) in [7, 11) is 0. The largest absolute Gasteiger partial charge is 0.396 e. The Morgan fingerprint density at radius 3 is 2.35 bits per heavy atom. The highest BCUT2D eigenvalue weighted by Crippen LogP contribution is 2.27. The van der Waals surface area contributed by atoms with Gasteiger partial charge in [-0.25, -0.2) is 0 Å². The van der Waals surface area contributed by atoms with Crippen LogP contribution in [0.2, 0.25) is 0 Å². The molecule has 1 aromatic rings. The zero-order chi connectivity index (χ0) is 12.5. The van der Waals surface area contributed by atoms with Gasteiger partial charge in [0.1, 0.15) is 0 Å². The Bertz CT molecular complexity index is 364. The van der Waals surface area contributed by atoms with Gasteiger partial charge in [0.15, 0.2) is 0 Å². The van der Waals surface area contributed by atoms with Crippen molar-refractivity contribution >= 4 is 5.69 Å². The van der Waals surface area contributed by atoms with Gasteiger partial charge in [0.2, 0.25) is 0 Å². The molecule has 1 fully saturated rings. The van der Waals surface area contributed by atoms with Crippen molar-refractivity contribution in [3.05, 3.63) is 29.8 Å². The Morgan fingerprint density at radius 1 is 1.24 bits per heavy atom. The van der Waals surface area contributed by atoms with Gasteiger partial charge in [-0.1, -0.05) is 32.9 Å². The highest BCUT2D eigenvalue weighted by Gasteiger charge is 2.22. The van der Waals surface area contributed by atoms with E-state index in [1.54, 1.807) is 0 Å². The second kappa shape index (κ2) is 4.69. The Balaban J connectivity index is 2.09. The minimum Gasteiger partial charge on any atom is -0.396 e. The summed E-state index contributed by atoms with van der Waals surface area (Å²) < 4.78 is 0. The molecule has 1 aliphatic rings. The molecule has 0 spiro atoms. The van der Waals surface area contributed by atoms with Crippen molar-refractivity contribution < 1.29 is 5.11 Å². The van der Waals surface area contributed by atoms with E-state index in [0.29, 0.717) is 12.5 Å². The number of aliphatic hydroxyl groups excluding tert-OH is 1. The maximum absolute atomic E-state index is 9.15. The highest BCUT2D eigenvalue weighted by molar-refractivity contribution is 5.49. The summed E-state index contributed by atoms with van der Waals surface area (Å²) in [6, 6.07) is 8.86. The molecular weight excluding hydrogens is 210 g/mol. The molecule has 1 atom stereocenters. The zero-order valence-electron chi connectivity index (χ0n) is 11.1. The smallest absolute Gasteiger partial charge is 0.0476 e. The molecule has 2 heteroatoms. The molecule has 0 amide bonds. The van der Waals surface area contributed by atoms with E-state index in [1.165, 1.54) is 11.3 Å². The number of hydrogen-bond acceptors (Lipinski definition) is 2. The molecular formula is C15H23NO. The van der Waals surface area contributed by atoms with Crippen LogP contribution in [0.5, 0.6) is 0 Å². The fraction of sp³-hybridized carbons (Fsp3) is 0.600. The monoisotopic (exact) mass is 233 g/mol. The first kappa shape index (κ1) is 12.4. The maximum Gasteiger partial charge on any atom is 0.0476 e. The predicted octanol–water partition coefficient (Wildman–Crippen LogP) is 2.80. The van der Waals surface area contributed by atoms with E-state index in [-0.39, 0.29) is 5.41 Å². The van der Waals surface area contributed by atoms with E-state index in [2.05, 4.69) is 49.9 Å². The molecule has 0 saturated carbocycles. The highest BCUT2D eigenvalue weighted by atomic mass is 16.3. The van der Waals surface area contributed by atoms with Crippen molar-refractivity contribution in [3.63, 3.8) is 0 Å². The van der Waals surface area contributed by atoms with Crippen molar-refractivity contribution in [1.29, 1.82) is 0 Å². The van der Waals surface area contributed by atoms with E-state index in [0.717, 1.165) is 19.5 Å². The third-order valence-electron chi connectivity index (χ3n) is 3.64. The Morgan fingerprint density at radius 2 is 1.88 bits per heavy atom. The quantitative estimate of drug-likeness (QED) is 0.849. The molecule has 0 aromatic heterocycles. The second-order valence-electron chi connectivity index (χ2n) is 6.08. The minimum absolute atomic E-state index is 0.219. The van der Waals surface area contributed by atoms with Gasteiger partial charge in [-0.15, -0.1) is 0 Å². The van der Waals surface area contributed by atoms with E-state index in [9.17, 15) is 0 Å². The second-order valence-corrected chi connectivity index (χ2v) is 6.08. The van der Waals surface area contributed by atoms with Crippen LogP contribution in [0.4, 0.5) is 5.69 Å². The van der Waals surface area contributed by atoms with Crippen molar-refractivity contribution in [1.82, 2.24) is 0 Å². The fourth-order valence-corrected chi connectivity index (χ4v) is 2.39. The van der Waals surface area contributed by atoms with Crippen molar-refractivity contribution in [2.45, 2.75) is 32.6 Å². The van der Waals surface area contributed by atoms with Crippen LogP contribution in [-0.4, -0.2) is 24.8 Å². The maximum atomic E-state index is 9.15. The molecule has 1 saturated heterocycles. The number of anilines is 1. The van der Waals surface area contributed by atoms with Crippen LogP contribution in [0.25, 0.3) is 0 Å². The molecule has 94 valence electrons. The molecule has 0 radical (unpaired) electrons. The number of aliphatic hydroxyl groups is 1. The van der Waals surface area contributed by atoms with Gasteiger partial charge in [0.25, 0.3) is 0 Å². The summed E-state index contributed by atoms with van der Waals surface area (Å²) in [6.45, 7) is 9.08. The van der Waals surface area contributed by atoms with Gasteiger partial charge in [-0.2, -0.15) is 0 Å². The lowest BCUT2D eigenvalue weighted by molar-refractivity contribution is 0.238. The van der Waals surface area contributed by atoms with Crippen LogP contribution in [-0.2, 0) is 5.41 Å². The number of nitrogens with zero attached hydrogens (tertiary/aromatic N) is 1. The number of hydrogen-bond donors (Lipinski definition) is 1. The van der Waals surface area contributed by atoms with Crippen LogP contribution < -0.4 is 4.90 Å². The van der Waals surface area contributed by atoms with E-state index in [4.69, 9.17) is 5.11 Å². The van der Waals surface area contributed by atoms with Gasteiger partial charge >= 0.3 is 0 Å². The molecule has 1 heterocycles. The van der Waals surface area contributed by atoms with Gasteiger partial charge in [-0.05, 0) is 29.5 Å². The predicted molar refractivity (Wildman–Crippen MR) is 72.5 cm³/mol. The zero-order valence-corrected chi connectivity index (χ0v) is 11.1. The molecule has 1 N–H and O–H groups in total. The molecule has 0 unspecified atom stereocenters. The molecule has 1 aliphatic heterocycles. The summed E-state index contributed by atoms with van der Waals surface area (Å²) in [4.78, 5) is 2.37. The summed E-state index contributed by atoms with van der Waals surface area (Å²) in [5, 5.41) is 9.15. The molecule has 0 aliphatic carbocycles. The summed E-state index contributed by atoms with van der Waals surface area (Å²) in [6.07, 6.45) is 1.11. The lowest BCUT2D eigenvalue weighted by Gasteiger charge is -2.22. The first-order chi connectivity index (χ1) is 8.00. The van der Waals surface area contributed by atoms with Gasteiger partial charge in [0, 0.05) is 31.3 Å². The van der Waals surface area contributed by atoms with Gasteiger partial charge < -0.3 is 10.0 Å².